The molecule has 1 aliphatic heterocycles. The van der Waals surface area contributed by atoms with Gasteiger partial charge in [0.05, 0.1) is 19.2 Å². The van der Waals surface area contributed by atoms with Crippen molar-refractivity contribution in [3.63, 3.8) is 0 Å². The van der Waals surface area contributed by atoms with Crippen LogP contribution >= 0.6 is 0 Å². The Kier molecular flexibility index (Phi) is 6.50. The van der Waals surface area contributed by atoms with Gasteiger partial charge in [-0.05, 0) is 48.0 Å². The van der Waals surface area contributed by atoms with E-state index < -0.39 is 23.8 Å². The topological polar surface area (TPSA) is 84.9 Å². The summed E-state index contributed by atoms with van der Waals surface area (Å²) >= 11 is 0. The number of rotatable bonds is 6. The SMILES string of the molecule is COc1ccc(/C=C/C(=O)N2c3ccccc3OC(=O)C2CC(=O)Nc2ccccc2)cc1. The first-order valence-corrected chi connectivity index (χ1v) is 10.4. The van der Waals surface area contributed by atoms with Gasteiger partial charge in [-0.25, -0.2) is 4.79 Å². The molecule has 33 heavy (non-hydrogen) atoms. The lowest BCUT2D eigenvalue weighted by Gasteiger charge is -2.34. The van der Waals surface area contributed by atoms with Crippen molar-refractivity contribution >= 4 is 35.2 Å². The van der Waals surface area contributed by atoms with Gasteiger partial charge in [0.2, 0.25) is 5.91 Å². The van der Waals surface area contributed by atoms with Crippen LogP contribution in [0.5, 0.6) is 11.5 Å². The summed E-state index contributed by atoms with van der Waals surface area (Å²) in [5.74, 6) is -0.529. The van der Waals surface area contributed by atoms with E-state index in [9.17, 15) is 14.4 Å². The van der Waals surface area contributed by atoms with Crippen LogP contribution in [0.1, 0.15) is 12.0 Å². The van der Waals surface area contributed by atoms with Gasteiger partial charge >= 0.3 is 5.97 Å². The number of anilines is 2. The second-order valence-electron chi connectivity index (χ2n) is 7.34. The van der Waals surface area contributed by atoms with E-state index in [1.165, 1.54) is 11.0 Å². The molecular formula is C26H22N2O5. The minimum absolute atomic E-state index is 0.246. The molecule has 166 valence electrons. The number of methoxy groups -OCH3 is 1. The van der Waals surface area contributed by atoms with E-state index in [0.29, 0.717) is 17.1 Å². The molecule has 3 aromatic rings. The van der Waals surface area contributed by atoms with Gasteiger partial charge in [-0.2, -0.15) is 0 Å². The second kappa shape index (κ2) is 9.82. The van der Waals surface area contributed by atoms with Crippen molar-refractivity contribution in [2.45, 2.75) is 12.5 Å². The van der Waals surface area contributed by atoms with E-state index in [-0.39, 0.29) is 12.2 Å². The van der Waals surface area contributed by atoms with Crippen LogP contribution in [0.15, 0.2) is 84.9 Å². The van der Waals surface area contributed by atoms with Gasteiger partial charge in [-0.1, -0.05) is 42.5 Å². The maximum absolute atomic E-state index is 13.2. The molecule has 7 heteroatoms. The largest absolute Gasteiger partial charge is 0.497 e. The Morgan fingerprint density at radius 2 is 1.70 bits per heavy atom. The highest BCUT2D eigenvalue weighted by molar-refractivity contribution is 6.11. The molecule has 3 aromatic carbocycles. The summed E-state index contributed by atoms with van der Waals surface area (Å²) < 4.78 is 10.6. The summed E-state index contributed by atoms with van der Waals surface area (Å²) in [7, 11) is 1.58. The number of para-hydroxylation sites is 3. The van der Waals surface area contributed by atoms with Gasteiger partial charge in [-0.15, -0.1) is 0 Å². The summed E-state index contributed by atoms with van der Waals surface area (Å²) in [5.41, 5.74) is 1.82. The number of fused-ring (bicyclic) bond motifs is 1. The molecule has 1 atom stereocenters. The lowest BCUT2D eigenvalue weighted by atomic mass is 10.1. The summed E-state index contributed by atoms with van der Waals surface area (Å²) in [6.07, 6.45) is 2.77. The average molecular weight is 442 g/mol. The second-order valence-corrected chi connectivity index (χ2v) is 7.34. The van der Waals surface area contributed by atoms with Gasteiger partial charge in [0, 0.05) is 11.8 Å². The third-order valence-electron chi connectivity index (χ3n) is 5.13. The van der Waals surface area contributed by atoms with Gasteiger partial charge in [-0.3, -0.25) is 14.5 Å². The Hall–Kier alpha value is -4.39. The first-order chi connectivity index (χ1) is 16.0. The molecule has 1 heterocycles. The Labute approximate surface area is 191 Å². The van der Waals surface area contributed by atoms with Crippen LogP contribution in [0, 0.1) is 0 Å². The van der Waals surface area contributed by atoms with Crippen LogP contribution in [0.25, 0.3) is 6.08 Å². The fraction of sp³-hybridized carbons (Fsp3) is 0.115. The van der Waals surface area contributed by atoms with Crippen molar-refractivity contribution < 1.29 is 23.9 Å². The van der Waals surface area contributed by atoms with Crippen LogP contribution in [-0.2, 0) is 14.4 Å². The Morgan fingerprint density at radius 1 is 1.00 bits per heavy atom. The summed E-state index contributed by atoms with van der Waals surface area (Å²) in [5, 5.41) is 2.75. The number of hydrogen-bond acceptors (Lipinski definition) is 5. The Morgan fingerprint density at radius 3 is 2.42 bits per heavy atom. The standard InChI is InChI=1S/C26H22N2O5/c1-32-20-14-11-18(12-15-20)13-16-25(30)28-21-9-5-6-10-23(21)33-26(31)22(28)17-24(29)27-19-7-3-2-4-8-19/h2-16,22H,17H2,1H3,(H,27,29)/b16-13+. The molecule has 0 saturated heterocycles. The summed E-state index contributed by atoms with van der Waals surface area (Å²) in [6.45, 7) is 0. The molecule has 2 amide bonds. The van der Waals surface area contributed by atoms with E-state index in [2.05, 4.69) is 5.32 Å². The maximum Gasteiger partial charge on any atom is 0.335 e. The summed E-state index contributed by atoms with van der Waals surface area (Å²) in [6, 6.07) is 21.7. The third-order valence-corrected chi connectivity index (χ3v) is 5.13. The number of nitrogens with one attached hydrogen (secondary N) is 1. The third kappa shape index (κ3) is 5.10. The first-order valence-electron chi connectivity index (χ1n) is 10.4. The molecule has 0 fully saturated rings. The molecule has 0 spiro atoms. The minimum Gasteiger partial charge on any atom is -0.497 e. The molecule has 0 aromatic heterocycles. The molecule has 4 rings (SSSR count). The van der Waals surface area contributed by atoms with Crippen molar-refractivity contribution in [1.29, 1.82) is 0 Å². The fourth-order valence-corrected chi connectivity index (χ4v) is 3.51. The first kappa shape index (κ1) is 21.8. The predicted molar refractivity (Wildman–Crippen MR) is 125 cm³/mol. The number of carbonyl (C=O) groups excluding carboxylic acids is 3. The zero-order valence-electron chi connectivity index (χ0n) is 17.9. The zero-order valence-corrected chi connectivity index (χ0v) is 17.9. The molecule has 1 N–H and O–H groups in total. The van der Waals surface area contributed by atoms with Gasteiger partial charge in [0.1, 0.15) is 11.8 Å². The van der Waals surface area contributed by atoms with Gasteiger partial charge in [0.25, 0.3) is 5.91 Å². The molecule has 0 bridgehead atoms. The quantitative estimate of drug-likeness (QED) is 0.354. The normalized spacial score (nSPS) is 15.0. The monoisotopic (exact) mass is 442 g/mol. The van der Waals surface area contributed by atoms with Gasteiger partial charge < -0.3 is 14.8 Å². The Balaban J connectivity index is 1.58. The van der Waals surface area contributed by atoms with Crippen LogP contribution < -0.4 is 19.7 Å². The molecule has 1 unspecified atom stereocenters. The highest BCUT2D eigenvalue weighted by Crippen LogP contribution is 2.35. The lowest BCUT2D eigenvalue weighted by molar-refractivity contribution is -0.139. The molecule has 7 nitrogen and oxygen atoms in total. The molecule has 0 radical (unpaired) electrons. The number of esters is 1. The molecule has 0 saturated carbocycles. The minimum atomic E-state index is -1.10. The zero-order chi connectivity index (χ0) is 23.2. The van der Waals surface area contributed by atoms with Crippen LogP contribution in [0.2, 0.25) is 0 Å². The number of ether oxygens (including phenoxy) is 2. The number of hydrogen-bond donors (Lipinski definition) is 1. The highest BCUT2D eigenvalue weighted by atomic mass is 16.5. The van der Waals surface area contributed by atoms with Crippen molar-refractivity contribution in [3.05, 3.63) is 90.5 Å². The van der Waals surface area contributed by atoms with Crippen LogP contribution in [0.3, 0.4) is 0 Å². The van der Waals surface area contributed by atoms with Gasteiger partial charge in [0.15, 0.2) is 5.75 Å². The number of benzene rings is 3. The summed E-state index contributed by atoms with van der Waals surface area (Å²) in [4.78, 5) is 40.0. The van der Waals surface area contributed by atoms with E-state index in [1.807, 2.05) is 18.2 Å². The lowest BCUT2D eigenvalue weighted by Crippen LogP contribution is -2.51. The smallest absolute Gasteiger partial charge is 0.335 e. The van der Waals surface area contributed by atoms with Crippen LogP contribution in [0.4, 0.5) is 11.4 Å². The Bertz CT molecular complexity index is 1190. The molecular weight excluding hydrogens is 420 g/mol. The van der Waals surface area contributed by atoms with Crippen molar-refractivity contribution in [2.75, 3.05) is 17.3 Å². The van der Waals surface area contributed by atoms with E-state index in [0.717, 1.165) is 5.56 Å². The number of nitrogens with zero attached hydrogens (tertiary/aromatic N) is 1. The predicted octanol–water partition coefficient (Wildman–Crippen LogP) is 4.06. The maximum atomic E-state index is 13.2. The molecule has 1 aliphatic rings. The van der Waals surface area contributed by atoms with E-state index in [4.69, 9.17) is 9.47 Å². The average Bonchev–Trinajstić information content (AvgIpc) is 2.84. The van der Waals surface area contributed by atoms with E-state index in [1.54, 1.807) is 73.8 Å². The highest BCUT2D eigenvalue weighted by Gasteiger charge is 2.39. The fourth-order valence-electron chi connectivity index (χ4n) is 3.51. The van der Waals surface area contributed by atoms with Crippen molar-refractivity contribution in [3.8, 4) is 11.5 Å². The van der Waals surface area contributed by atoms with Crippen LogP contribution in [-0.4, -0.2) is 30.9 Å². The van der Waals surface area contributed by atoms with Crippen molar-refractivity contribution in [1.82, 2.24) is 0 Å². The van der Waals surface area contributed by atoms with Crippen molar-refractivity contribution in [2.24, 2.45) is 0 Å². The number of amides is 2. The molecule has 0 aliphatic carbocycles. The van der Waals surface area contributed by atoms with E-state index >= 15 is 0 Å². The number of carbonyl (C=O) groups is 3.